The van der Waals surface area contributed by atoms with Crippen LogP contribution in [0, 0.1) is 6.92 Å². The Bertz CT molecular complexity index is 566. The Morgan fingerprint density at radius 2 is 2.05 bits per heavy atom. The Kier molecular flexibility index (Phi) is 5.55. The predicted molar refractivity (Wildman–Crippen MR) is 84.4 cm³/mol. The molecule has 0 fully saturated rings. The average molecular weight is 307 g/mol. The van der Waals surface area contributed by atoms with Gasteiger partial charge in [-0.15, -0.1) is 10.2 Å². The number of aromatic nitrogens is 2. The summed E-state index contributed by atoms with van der Waals surface area (Å²) >= 11 is 3.09. The third kappa shape index (κ3) is 4.61. The highest BCUT2D eigenvalue weighted by molar-refractivity contribution is 8.01. The van der Waals surface area contributed by atoms with Gasteiger partial charge in [-0.05, 0) is 18.9 Å². The van der Waals surface area contributed by atoms with Crippen LogP contribution in [0.5, 0.6) is 0 Å². The number of hydrogen-bond acceptors (Lipinski definition) is 5. The lowest BCUT2D eigenvalue weighted by molar-refractivity contribution is -0.115. The summed E-state index contributed by atoms with van der Waals surface area (Å²) in [5, 5.41) is 11.4. The van der Waals surface area contributed by atoms with Gasteiger partial charge in [0.1, 0.15) is 0 Å². The minimum atomic E-state index is -0.0583. The quantitative estimate of drug-likeness (QED) is 0.655. The van der Waals surface area contributed by atoms with Gasteiger partial charge in [-0.2, -0.15) is 0 Å². The van der Waals surface area contributed by atoms with Gasteiger partial charge in [0.25, 0.3) is 0 Å². The zero-order chi connectivity index (χ0) is 14.4. The molecule has 0 radical (unpaired) electrons. The molecule has 0 spiro atoms. The van der Waals surface area contributed by atoms with Crippen molar-refractivity contribution >= 4 is 34.1 Å². The maximum atomic E-state index is 11.9. The van der Waals surface area contributed by atoms with E-state index in [-0.39, 0.29) is 5.91 Å². The number of carbonyl (C=O) groups is 1. The zero-order valence-electron chi connectivity index (χ0n) is 11.5. The van der Waals surface area contributed by atoms with Crippen molar-refractivity contribution in [2.75, 3.05) is 11.1 Å². The van der Waals surface area contributed by atoms with Crippen molar-refractivity contribution in [1.82, 2.24) is 10.2 Å². The first-order chi connectivity index (χ1) is 9.67. The molecule has 0 aliphatic carbocycles. The van der Waals surface area contributed by atoms with Crippen LogP contribution in [0.3, 0.4) is 0 Å². The number of carbonyl (C=O) groups excluding carboxylic acids is 1. The molecule has 1 aromatic heterocycles. The topological polar surface area (TPSA) is 54.9 Å². The lowest BCUT2D eigenvalue weighted by atomic mass is 10.1. The summed E-state index contributed by atoms with van der Waals surface area (Å²) in [5.41, 5.74) is 2.19. The summed E-state index contributed by atoms with van der Waals surface area (Å²) in [6.45, 7) is 4.15. The van der Waals surface area contributed by atoms with Crippen LogP contribution >= 0.6 is 23.1 Å². The van der Waals surface area contributed by atoms with Gasteiger partial charge in [0.2, 0.25) is 11.0 Å². The summed E-state index contributed by atoms with van der Waals surface area (Å²) in [6.07, 6.45) is 1.46. The van der Waals surface area contributed by atoms with Crippen molar-refractivity contribution in [3.05, 3.63) is 35.4 Å². The zero-order valence-corrected chi connectivity index (χ0v) is 13.2. The maximum absolute atomic E-state index is 11.9. The smallest absolute Gasteiger partial charge is 0.230 e. The first-order valence-electron chi connectivity index (χ1n) is 6.49. The van der Waals surface area contributed by atoms with E-state index < -0.39 is 0 Å². The fourth-order valence-electron chi connectivity index (χ4n) is 1.56. The van der Waals surface area contributed by atoms with Gasteiger partial charge in [-0.3, -0.25) is 4.79 Å². The number of thioether (sulfide) groups is 1. The van der Waals surface area contributed by atoms with Crippen LogP contribution in [0.4, 0.5) is 5.13 Å². The molecule has 4 nitrogen and oxygen atoms in total. The Balaban J connectivity index is 1.87. The van der Waals surface area contributed by atoms with Crippen LogP contribution in [0.1, 0.15) is 24.5 Å². The van der Waals surface area contributed by atoms with Gasteiger partial charge in [0.15, 0.2) is 4.34 Å². The van der Waals surface area contributed by atoms with Gasteiger partial charge in [0.05, 0.1) is 6.42 Å². The number of anilines is 1. The Morgan fingerprint density at radius 1 is 1.30 bits per heavy atom. The Labute approximate surface area is 127 Å². The lowest BCUT2D eigenvalue weighted by Gasteiger charge is -2.01. The van der Waals surface area contributed by atoms with Gasteiger partial charge < -0.3 is 5.32 Å². The third-order valence-electron chi connectivity index (χ3n) is 2.57. The number of nitrogens with zero attached hydrogens (tertiary/aromatic N) is 2. The second-order valence-electron chi connectivity index (χ2n) is 4.43. The van der Waals surface area contributed by atoms with Gasteiger partial charge in [-0.25, -0.2) is 0 Å². The van der Waals surface area contributed by atoms with Gasteiger partial charge in [-0.1, -0.05) is 59.9 Å². The number of rotatable bonds is 6. The highest BCUT2D eigenvalue weighted by Gasteiger charge is 2.09. The molecule has 0 atom stereocenters. The van der Waals surface area contributed by atoms with Gasteiger partial charge in [0, 0.05) is 5.75 Å². The number of nitrogens with one attached hydrogen (secondary N) is 1. The van der Waals surface area contributed by atoms with E-state index in [4.69, 9.17) is 0 Å². The number of hydrogen-bond donors (Lipinski definition) is 1. The Hall–Kier alpha value is -1.40. The second kappa shape index (κ2) is 7.40. The maximum Gasteiger partial charge on any atom is 0.230 e. The highest BCUT2D eigenvalue weighted by Crippen LogP contribution is 2.25. The third-order valence-corrected chi connectivity index (χ3v) is 4.75. The molecular formula is C14H17N3OS2. The van der Waals surface area contributed by atoms with E-state index in [9.17, 15) is 4.79 Å². The van der Waals surface area contributed by atoms with E-state index in [1.165, 1.54) is 16.9 Å². The van der Waals surface area contributed by atoms with E-state index in [1.54, 1.807) is 11.8 Å². The van der Waals surface area contributed by atoms with Crippen LogP contribution in [0.15, 0.2) is 28.6 Å². The van der Waals surface area contributed by atoms with Crippen LogP contribution in [-0.4, -0.2) is 21.9 Å². The van der Waals surface area contributed by atoms with Crippen LogP contribution in [0.25, 0.3) is 0 Å². The van der Waals surface area contributed by atoms with Crippen LogP contribution in [-0.2, 0) is 11.2 Å². The van der Waals surface area contributed by atoms with E-state index in [1.807, 2.05) is 31.2 Å². The molecular weight excluding hydrogens is 290 g/mol. The molecule has 1 N–H and O–H groups in total. The standard InChI is InChI=1S/C14H17N3OS2/c1-3-8-19-14-17-16-13(20-14)15-12(18)9-11-6-4-10(2)5-7-11/h4-7H,3,8-9H2,1-2H3,(H,15,16,18). The molecule has 0 saturated heterocycles. The van der Waals surface area contributed by atoms with E-state index in [2.05, 4.69) is 22.4 Å². The van der Waals surface area contributed by atoms with Crippen molar-refractivity contribution in [1.29, 1.82) is 0 Å². The molecule has 2 aromatic rings. The molecule has 1 amide bonds. The fourth-order valence-corrected chi connectivity index (χ4v) is 3.26. The summed E-state index contributed by atoms with van der Waals surface area (Å²) < 4.78 is 0.900. The van der Waals surface area contributed by atoms with E-state index in [0.717, 1.165) is 22.1 Å². The molecule has 0 unspecified atom stereocenters. The summed E-state index contributed by atoms with van der Waals surface area (Å²) in [4.78, 5) is 11.9. The molecule has 2 rings (SSSR count). The highest BCUT2D eigenvalue weighted by atomic mass is 32.2. The molecule has 0 aliphatic rings. The number of amides is 1. The molecule has 0 aliphatic heterocycles. The molecule has 0 saturated carbocycles. The van der Waals surface area contributed by atoms with Crippen LogP contribution in [0.2, 0.25) is 0 Å². The average Bonchev–Trinajstić information content (AvgIpc) is 2.86. The lowest BCUT2D eigenvalue weighted by Crippen LogP contribution is -2.14. The first kappa shape index (κ1) is 15.0. The molecule has 6 heteroatoms. The summed E-state index contributed by atoms with van der Waals surface area (Å²) in [7, 11) is 0. The van der Waals surface area contributed by atoms with E-state index in [0.29, 0.717) is 11.6 Å². The minimum absolute atomic E-state index is 0.0583. The van der Waals surface area contributed by atoms with Crippen molar-refractivity contribution in [3.63, 3.8) is 0 Å². The van der Waals surface area contributed by atoms with Gasteiger partial charge >= 0.3 is 0 Å². The van der Waals surface area contributed by atoms with E-state index >= 15 is 0 Å². The van der Waals surface area contributed by atoms with Crippen molar-refractivity contribution in [2.45, 2.75) is 31.0 Å². The molecule has 106 valence electrons. The molecule has 20 heavy (non-hydrogen) atoms. The van der Waals surface area contributed by atoms with Crippen LogP contribution < -0.4 is 5.32 Å². The SMILES string of the molecule is CCCSc1nnc(NC(=O)Cc2ccc(C)cc2)s1. The fraction of sp³-hybridized carbons (Fsp3) is 0.357. The van der Waals surface area contributed by atoms with Crippen molar-refractivity contribution in [3.8, 4) is 0 Å². The minimum Gasteiger partial charge on any atom is -0.300 e. The normalized spacial score (nSPS) is 10.5. The second-order valence-corrected chi connectivity index (χ2v) is 6.75. The summed E-state index contributed by atoms with van der Waals surface area (Å²) in [6, 6.07) is 7.95. The molecule has 0 bridgehead atoms. The predicted octanol–water partition coefficient (Wildman–Crippen LogP) is 3.53. The van der Waals surface area contributed by atoms with Crippen molar-refractivity contribution < 1.29 is 4.79 Å². The number of benzene rings is 1. The van der Waals surface area contributed by atoms with Crippen molar-refractivity contribution in [2.24, 2.45) is 0 Å². The molecule has 1 aromatic carbocycles. The number of aryl methyl sites for hydroxylation is 1. The first-order valence-corrected chi connectivity index (χ1v) is 8.29. The Morgan fingerprint density at radius 3 is 2.75 bits per heavy atom. The monoisotopic (exact) mass is 307 g/mol. The molecule has 1 heterocycles. The summed E-state index contributed by atoms with van der Waals surface area (Å²) in [5.74, 6) is 0.961. The largest absolute Gasteiger partial charge is 0.300 e.